The minimum atomic E-state index is -3.82. The second-order valence-electron chi connectivity index (χ2n) is 41.0. The highest BCUT2D eigenvalue weighted by Gasteiger charge is 2.58. The lowest BCUT2D eigenvalue weighted by Gasteiger charge is -2.54. The van der Waals surface area contributed by atoms with E-state index < -0.39 is 151 Å². The largest absolute Gasteiger partial charge is 0.460 e. The molecule has 1 fully saturated rings. The quantitative estimate of drug-likeness (QED) is 0.0268. The van der Waals surface area contributed by atoms with Gasteiger partial charge in [0.2, 0.25) is 0 Å². The van der Waals surface area contributed by atoms with E-state index in [9.17, 15) is 0 Å². The number of ether oxygens (including phenoxy) is 3. The van der Waals surface area contributed by atoms with Crippen LogP contribution in [0.1, 0.15) is 275 Å². The van der Waals surface area contributed by atoms with Crippen LogP contribution in [0.4, 0.5) is 0 Å². The first-order chi connectivity index (χ1) is 62.8. The van der Waals surface area contributed by atoms with Gasteiger partial charge in [-0.15, -0.1) is 0 Å². The molecule has 0 spiro atoms. The Hall–Kier alpha value is -1.22. The van der Waals surface area contributed by atoms with Crippen LogP contribution in [0, 0.1) is 35.5 Å². The Morgan fingerprint density at radius 1 is 0.409 bits per heavy atom. The first kappa shape index (κ1) is 123. The zero-order chi connectivity index (χ0) is 99.3. The number of benzene rings is 2. The Balaban J connectivity index is 2.15. The lowest BCUT2D eigenvalue weighted by atomic mass is 9.82. The molecule has 4 rings (SSSR count). The Labute approximate surface area is 824 Å². The molecule has 1 saturated heterocycles. The van der Waals surface area contributed by atoms with E-state index in [0.717, 1.165) is 204 Å². The molecule has 0 amide bonds. The van der Waals surface area contributed by atoms with Crippen molar-refractivity contribution in [2.24, 2.45) is 35.5 Å². The Morgan fingerprint density at radius 2 is 0.773 bits per heavy atom. The van der Waals surface area contributed by atoms with Gasteiger partial charge >= 0.3 is 14.5 Å². The van der Waals surface area contributed by atoms with Gasteiger partial charge in [0, 0.05) is 23.3 Å². The van der Waals surface area contributed by atoms with Gasteiger partial charge in [0.15, 0.2) is 81.1 Å². The van der Waals surface area contributed by atoms with Crippen molar-refractivity contribution in [1.82, 2.24) is 0 Å². The van der Waals surface area contributed by atoms with Gasteiger partial charge in [0.1, 0.15) is 43.2 Å². The Morgan fingerprint density at radius 3 is 1.16 bits per heavy atom. The normalized spacial score (nSPS) is 22.6. The summed E-state index contributed by atoms with van der Waals surface area (Å²) in [4.78, 5) is 15.8. The third-order valence-electron chi connectivity index (χ3n) is 34.5. The molecule has 132 heavy (non-hydrogen) atoms. The van der Waals surface area contributed by atoms with E-state index in [0.29, 0.717) is 30.6 Å². The molecular formula is C107H208O15Si10. The van der Waals surface area contributed by atoms with Crippen molar-refractivity contribution < 1.29 is 67.7 Å². The maximum atomic E-state index is 15.8. The zero-order valence-electron chi connectivity index (χ0n) is 92.4. The maximum Gasteiger partial charge on any atom is 0.408 e. The van der Waals surface area contributed by atoms with Crippen molar-refractivity contribution >= 4 is 99.8 Å². The van der Waals surface area contributed by atoms with Crippen molar-refractivity contribution in [3.63, 3.8) is 0 Å². The number of esters is 1. The highest BCUT2D eigenvalue weighted by atomic mass is 28.4. The number of carbonyl (C=O) groups excluding carboxylic acids is 1. The SMILES string of the molecule is CC[C@H](C)C[C@H](C)C[C@H](C)[C@@H](O[C@@H]1O[C@H](CO[Si](CC)(CC)CC)[C@@H](O[Si](CC)(CC)CC)[C@H](O[Si](CC)(CC)CC)[C@@H]1O[Si](CC)(CC)CC)[C@@H](C)/C=C(\C)[C@H]1O[Si](c2ccccc2)(c2ccccc2)O[C@@H]([C@@H](C)/C=C(\C)C(=O)OC[C@@H](O[Si](CC)(CC)CC)[C@@H](O[Si](CC)(CC)CC)[C@H](O[Si](CC)(CC)CC)[C@@H](CO[Si](CC)(CC)CC)O[Si](CC)(CC)CC)/C(C)=C/[C@@H]1C. The van der Waals surface area contributed by atoms with Crippen LogP contribution in [0.25, 0.3) is 0 Å². The fraction of sp³-hybridized carbons (Fsp3) is 0.822. The van der Waals surface area contributed by atoms with Crippen LogP contribution < -0.4 is 10.4 Å². The summed E-state index contributed by atoms with van der Waals surface area (Å²) in [6.45, 7) is 87.0. The number of hydrogen-bond acceptors (Lipinski definition) is 15. The van der Waals surface area contributed by atoms with Gasteiger partial charge in [-0.25, -0.2) is 4.79 Å². The van der Waals surface area contributed by atoms with E-state index >= 15 is 4.79 Å². The van der Waals surface area contributed by atoms with Gasteiger partial charge < -0.3 is 62.9 Å². The molecule has 2 aromatic carbocycles. The molecule has 0 aromatic heterocycles. The summed E-state index contributed by atoms with van der Waals surface area (Å²) in [5.41, 5.74) is 2.70. The van der Waals surface area contributed by atoms with Crippen molar-refractivity contribution in [3.05, 3.63) is 95.6 Å². The minimum Gasteiger partial charge on any atom is -0.460 e. The van der Waals surface area contributed by atoms with E-state index in [1.54, 1.807) is 0 Å². The number of rotatable bonds is 68. The van der Waals surface area contributed by atoms with Gasteiger partial charge in [-0.05, 0) is 236 Å². The zero-order valence-corrected chi connectivity index (χ0v) is 102. The van der Waals surface area contributed by atoms with Crippen LogP contribution in [0.3, 0.4) is 0 Å². The van der Waals surface area contributed by atoms with Gasteiger partial charge in [-0.2, -0.15) is 0 Å². The van der Waals surface area contributed by atoms with Crippen LogP contribution in [-0.4, -0.2) is 183 Å². The molecule has 15 nitrogen and oxygen atoms in total. The lowest BCUT2D eigenvalue weighted by molar-refractivity contribution is -0.309. The molecule has 0 unspecified atom stereocenters. The highest BCUT2D eigenvalue weighted by Crippen LogP contribution is 2.46. The van der Waals surface area contributed by atoms with Gasteiger partial charge in [0.05, 0.1) is 43.7 Å². The molecule has 0 bridgehead atoms. The average Bonchev–Trinajstić information content (AvgIpc) is 0.760. The van der Waals surface area contributed by atoms with E-state index in [1.807, 2.05) is 6.92 Å². The smallest absolute Gasteiger partial charge is 0.408 e. The second kappa shape index (κ2) is 59.1. The maximum absolute atomic E-state index is 15.8. The molecule has 0 saturated carbocycles. The summed E-state index contributed by atoms with van der Waals surface area (Å²) in [5, 5.41) is 2.01. The topological polar surface area (TPSA) is 146 Å². The van der Waals surface area contributed by atoms with Crippen LogP contribution in [0.15, 0.2) is 95.6 Å². The summed E-state index contributed by atoms with van der Waals surface area (Å²) in [6, 6.07) is 48.0. The van der Waals surface area contributed by atoms with E-state index in [2.05, 4.69) is 328 Å². The molecule has 0 N–H and O–H groups in total. The fourth-order valence-corrected chi connectivity index (χ4v) is 51.3. The van der Waals surface area contributed by atoms with Gasteiger partial charge in [0.25, 0.3) is 0 Å². The molecule has 18 atom stereocenters. The summed E-state index contributed by atoms with van der Waals surface area (Å²) in [7, 11) is -25.2. The standard InChI is InChI=1S/C107H208O15Si10/c1-38-84(29)76-85(30)77-86(31)98(113-107-105(120-131(63-26,64-27)65-28)104(119-130(60-23,61-24)62-25)101(116-127(51-14,52-15)53-16)95(112-107)82-110-123(39-2,40-3)41-4)87(32)78-88(33)99-89(34)79-90(35)100(122-132(121-99,93-72-68-66-69-73-93)94-74-70-67-71-75-94)91(36)80-92(37)106(108)109-81-96(114-125(45-8,46-9)47-10)102(117-128(54-17,55-18)56-19)103(118-129(57-20,58-21)59-22)97(115-126(48-11,49-12)50-13)83-111-124(42-5,43-6)44-7/h66-75,78-80,84-87,89,91,95-105,107H,38-65,76-77,81-83H2,1-37H3/b88-78+,90-79+,92-80+/t84-,85-,86-,87-,89-,91-,95+,96+,97+,98+,99+,100+,101+,102+,103+,104-,105-,107-/m0/s1. The van der Waals surface area contributed by atoms with E-state index in [-0.39, 0.29) is 42.4 Å². The summed E-state index contributed by atoms with van der Waals surface area (Å²) in [5.74, 6) is 0.151. The van der Waals surface area contributed by atoms with Crippen molar-refractivity contribution in [2.75, 3.05) is 19.8 Å². The Bertz CT molecular complexity index is 3450. The molecule has 2 aliphatic rings. The van der Waals surface area contributed by atoms with Crippen LogP contribution >= 0.6 is 0 Å². The summed E-state index contributed by atoms with van der Waals surface area (Å²) >= 11 is 0. The van der Waals surface area contributed by atoms with Crippen LogP contribution in [-0.2, 0) is 67.7 Å². The lowest BCUT2D eigenvalue weighted by Crippen LogP contribution is -2.68. The molecule has 2 heterocycles. The van der Waals surface area contributed by atoms with Crippen LogP contribution in [0.2, 0.25) is 163 Å². The number of carbonyl (C=O) groups is 1. The molecule has 25 heteroatoms. The van der Waals surface area contributed by atoms with Crippen molar-refractivity contribution in [3.8, 4) is 0 Å². The first-order valence-electron chi connectivity index (χ1n) is 54.8. The molecule has 2 aliphatic heterocycles. The predicted molar refractivity (Wildman–Crippen MR) is 589 cm³/mol. The molecule has 2 aromatic rings. The molecule has 0 aliphatic carbocycles. The average molecular weight is 2020 g/mol. The molecule has 0 radical (unpaired) electrons. The Kier molecular flexibility index (Phi) is 55.1. The van der Waals surface area contributed by atoms with E-state index in [1.165, 1.54) is 0 Å². The van der Waals surface area contributed by atoms with Crippen LogP contribution in [0.5, 0.6) is 0 Å². The molecular weight excluding hydrogens is 1810 g/mol. The number of hydrogen-bond donors (Lipinski definition) is 0. The fourth-order valence-electron chi connectivity index (χ4n) is 22.4. The van der Waals surface area contributed by atoms with Gasteiger partial charge in [-0.3, -0.25) is 0 Å². The monoisotopic (exact) mass is 2010 g/mol. The third-order valence-corrected chi connectivity index (χ3v) is 79.7. The molecule has 766 valence electrons. The van der Waals surface area contributed by atoms with Crippen molar-refractivity contribution in [2.45, 2.75) is 512 Å². The third kappa shape index (κ3) is 32.1. The minimum absolute atomic E-state index is 0.00000128. The summed E-state index contributed by atoms with van der Waals surface area (Å²) in [6.07, 6.45) is 4.15. The second-order valence-corrected chi connectivity index (χ2v) is 86.5. The van der Waals surface area contributed by atoms with Gasteiger partial charge in [-0.1, -0.05) is 321 Å². The predicted octanol–water partition coefficient (Wildman–Crippen LogP) is 30.3. The highest BCUT2D eigenvalue weighted by molar-refractivity contribution is 6.92. The van der Waals surface area contributed by atoms with Crippen molar-refractivity contribution in [1.29, 1.82) is 0 Å². The first-order valence-corrected chi connectivity index (χ1v) is 79.4. The van der Waals surface area contributed by atoms with E-state index in [4.69, 9.17) is 62.9 Å². The summed E-state index contributed by atoms with van der Waals surface area (Å²) < 4.78 is 112.